The summed E-state index contributed by atoms with van der Waals surface area (Å²) in [7, 11) is 0. The molecule has 0 bridgehead atoms. The Morgan fingerprint density at radius 3 is 1.67 bits per heavy atom. The Balaban J connectivity index is 1.13. The van der Waals surface area contributed by atoms with Crippen LogP contribution in [0.3, 0.4) is 0 Å². The molecular weight excluding hydrogens is 853 g/mol. The third-order valence-electron chi connectivity index (χ3n) is 13.8. The lowest BCUT2D eigenvalue weighted by molar-refractivity contribution is 0.669. The summed E-state index contributed by atoms with van der Waals surface area (Å²) in [6.07, 6.45) is 0. The molecule has 0 saturated carbocycles. The van der Waals surface area contributed by atoms with E-state index in [0.717, 1.165) is 88.7 Å². The summed E-state index contributed by atoms with van der Waals surface area (Å²) >= 11 is 0. The van der Waals surface area contributed by atoms with Gasteiger partial charge in [0.25, 0.3) is 0 Å². The lowest BCUT2D eigenvalue weighted by atomic mass is 9.91. The first-order chi connectivity index (χ1) is 34.7. The molecule has 3 heterocycles. The van der Waals surface area contributed by atoms with Gasteiger partial charge in [-0.1, -0.05) is 200 Å². The fourth-order valence-corrected chi connectivity index (χ4v) is 10.5. The summed E-state index contributed by atoms with van der Waals surface area (Å²) in [5.74, 6) is 1.66. The monoisotopic (exact) mass is 892 g/mol. The molecule has 0 N–H and O–H groups in total. The Morgan fingerprint density at radius 2 is 0.886 bits per heavy atom. The summed E-state index contributed by atoms with van der Waals surface area (Å²) in [6, 6.07) is 86.1. The topological polar surface area (TPSA) is 56.7 Å². The zero-order chi connectivity index (χ0) is 46.1. The van der Waals surface area contributed by atoms with E-state index in [4.69, 9.17) is 19.4 Å². The Hall–Kier alpha value is -9.45. The molecule has 326 valence electrons. The van der Waals surface area contributed by atoms with Crippen molar-refractivity contribution in [3.05, 3.63) is 243 Å². The second-order valence-corrected chi connectivity index (χ2v) is 17.9. The van der Waals surface area contributed by atoms with E-state index >= 15 is 0 Å². The summed E-state index contributed by atoms with van der Waals surface area (Å²) < 4.78 is 9.14. The normalized spacial score (nSPS) is 11.7. The van der Waals surface area contributed by atoms with Gasteiger partial charge in [-0.3, -0.25) is 0 Å². The Kier molecular flexibility index (Phi) is 9.14. The van der Waals surface area contributed by atoms with Gasteiger partial charge in [-0.2, -0.15) is 0 Å². The lowest BCUT2D eigenvalue weighted by Crippen LogP contribution is -2.04. The number of para-hydroxylation sites is 2. The van der Waals surface area contributed by atoms with E-state index in [1.54, 1.807) is 0 Å². The maximum atomic E-state index is 6.63. The van der Waals surface area contributed by atoms with Crippen molar-refractivity contribution in [2.75, 3.05) is 0 Å². The van der Waals surface area contributed by atoms with Gasteiger partial charge in [-0.15, -0.1) is 0 Å². The number of rotatable bonds is 7. The smallest absolute Gasteiger partial charge is 0.167 e. The highest BCUT2D eigenvalue weighted by Gasteiger charge is 2.25. The number of hydrogen-bond donors (Lipinski definition) is 0. The predicted molar refractivity (Wildman–Crippen MR) is 289 cm³/mol. The number of fused-ring (bicyclic) bond motifs is 9. The van der Waals surface area contributed by atoms with Crippen LogP contribution in [0.1, 0.15) is 0 Å². The third kappa shape index (κ3) is 6.51. The van der Waals surface area contributed by atoms with Gasteiger partial charge in [0.15, 0.2) is 17.5 Å². The van der Waals surface area contributed by atoms with E-state index in [2.05, 4.69) is 211 Å². The van der Waals surface area contributed by atoms with Crippen LogP contribution < -0.4 is 0 Å². The Bertz CT molecular complexity index is 4350. The Morgan fingerprint density at radius 1 is 0.300 bits per heavy atom. The van der Waals surface area contributed by atoms with Gasteiger partial charge in [0.2, 0.25) is 0 Å². The molecule has 0 aliphatic rings. The van der Waals surface area contributed by atoms with E-state index < -0.39 is 0 Å². The molecule has 0 amide bonds. The van der Waals surface area contributed by atoms with Crippen LogP contribution in [-0.4, -0.2) is 19.5 Å². The van der Waals surface area contributed by atoms with Crippen molar-refractivity contribution in [1.82, 2.24) is 19.5 Å². The first-order valence-corrected chi connectivity index (χ1v) is 23.7. The molecule has 0 aliphatic heterocycles. The summed E-state index contributed by atoms with van der Waals surface area (Å²) in [5.41, 5.74) is 13.9. The fourth-order valence-electron chi connectivity index (χ4n) is 10.5. The molecule has 70 heavy (non-hydrogen) atoms. The highest BCUT2D eigenvalue weighted by Crippen LogP contribution is 2.46. The minimum Gasteiger partial charge on any atom is -0.455 e. The van der Waals surface area contributed by atoms with Crippen LogP contribution in [-0.2, 0) is 0 Å². The molecule has 0 atom stereocenters. The number of furan rings is 1. The van der Waals surface area contributed by atoms with Gasteiger partial charge in [0.05, 0.1) is 22.3 Å². The predicted octanol–water partition coefficient (Wildman–Crippen LogP) is 17.2. The molecule has 0 fully saturated rings. The molecular formula is C65H40N4O. The molecule has 0 spiro atoms. The molecule has 0 saturated heterocycles. The largest absolute Gasteiger partial charge is 0.455 e. The van der Waals surface area contributed by atoms with E-state index in [-0.39, 0.29) is 0 Å². The summed E-state index contributed by atoms with van der Waals surface area (Å²) in [5, 5.41) is 9.21. The van der Waals surface area contributed by atoms with Crippen LogP contribution in [0, 0.1) is 0 Å². The number of nitrogens with zero attached hydrogens (tertiary/aromatic N) is 4. The standard InChI is InChI=1S/C65H40N4O/c1-4-18-41(19-5-1)45-27-16-28-48(36-45)55-39-57(65-67-63(44-23-8-3-9-24-44)66-64(68-65)53-32-17-31-52-50-30-14-15-33-60(50)70-62(52)53)54(42-20-6-2-7-21-42)40-59(55)69-58-38-47-26-11-10-25-46(47)37-56(58)51-35-34-43-22-12-13-29-49(43)61(51)69/h1-40H. The van der Waals surface area contributed by atoms with Crippen LogP contribution in [0.5, 0.6) is 0 Å². The van der Waals surface area contributed by atoms with Crippen molar-refractivity contribution in [3.8, 4) is 73.2 Å². The van der Waals surface area contributed by atoms with E-state index in [9.17, 15) is 0 Å². The van der Waals surface area contributed by atoms with Crippen LogP contribution in [0.2, 0.25) is 0 Å². The van der Waals surface area contributed by atoms with Crippen molar-refractivity contribution in [1.29, 1.82) is 0 Å². The van der Waals surface area contributed by atoms with Crippen molar-refractivity contribution < 1.29 is 4.42 Å². The molecule has 11 aromatic carbocycles. The van der Waals surface area contributed by atoms with Crippen LogP contribution >= 0.6 is 0 Å². The SMILES string of the molecule is c1ccc(-c2cccc(-c3cc(-c4nc(-c5ccccc5)nc(-c5cccc6c5oc5ccccc56)n4)c(-c4ccccc4)cc3-n3c4cc5ccccc5cc4c4ccc5ccccc5c43)c2)cc1. The van der Waals surface area contributed by atoms with E-state index in [1.807, 2.05) is 36.4 Å². The third-order valence-corrected chi connectivity index (χ3v) is 13.8. The van der Waals surface area contributed by atoms with Gasteiger partial charge >= 0.3 is 0 Å². The molecule has 0 unspecified atom stereocenters. The van der Waals surface area contributed by atoms with Gasteiger partial charge < -0.3 is 8.98 Å². The van der Waals surface area contributed by atoms with Gasteiger partial charge in [-0.25, -0.2) is 15.0 Å². The molecule has 5 heteroatoms. The molecule has 14 rings (SSSR count). The second-order valence-electron chi connectivity index (χ2n) is 17.9. The second kappa shape index (κ2) is 16.1. The summed E-state index contributed by atoms with van der Waals surface area (Å²) in [6.45, 7) is 0. The highest BCUT2D eigenvalue weighted by molar-refractivity contribution is 6.21. The van der Waals surface area contributed by atoms with Crippen LogP contribution in [0.4, 0.5) is 0 Å². The average molecular weight is 893 g/mol. The quantitative estimate of drug-likeness (QED) is 0.160. The van der Waals surface area contributed by atoms with Crippen LogP contribution in [0.15, 0.2) is 247 Å². The molecule has 0 radical (unpaired) electrons. The number of benzene rings is 11. The minimum absolute atomic E-state index is 0.532. The maximum absolute atomic E-state index is 6.63. The highest BCUT2D eigenvalue weighted by atomic mass is 16.3. The molecule has 3 aromatic heterocycles. The van der Waals surface area contributed by atoms with Crippen molar-refractivity contribution >= 4 is 65.3 Å². The zero-order valence-electron chi connectivity index (χ0n) is 37.8. The van der Waals surface area contributed by atoms with Gasteiger partial charge in [0, 0.05) is 43.6 Å². The van der Waals surface area contributed by atoms with Crippen molar-refractivity contribution in [2.24, 2.45) is 0 Å². The van der Waals surface area contributed by atoms with Gasteiger partial charge in [0.1, 0.15) is 11.2 Å². The zero-order valence-corrected chi connectivity index (χ0v) is 37.8. The van der Waals surface area contributed by atoms with E-state index in [0.29, 0.717) is 17.5 Å². The lowest BCUT2D eigenvalue weighted by Gasteiger charge is -2.21. The maximum Gasteiger partial charge on any atom is 0.167 e. The first kappa shape index (κ1) is 39.7. The molecule has 14 aromatic rings. The van der Waals surface area contributed by atoms with Gasteiger partial charge in [-0.05, 0) is 86.4 Å². The fraction of sp³-hybridized carbons (Fsp3) is 0. The van der Waals surface area contributed by atoms with E-state index in [1.165, 1.54) is 32.3 Å². The minimum atomic E-state index is 0.532. The first-order valence-electron chi connectivity index (χ1n) is 23.7. The average Bonchev–Trinajstić information content (AvgIpc) is 3.98. The van der Waals surface area contributed by atoms with Crippen molar-refractivity contribution in [2.45, 2.75) is 0 Å². The molecule has 0 aliphatic carbocycles. The number of aromatic nitrogens is 4. The number of hydrogen-bond acceptors (Lipinski definition) is 4. The van der Waals surface area contributed by atoms with Crippen molar-refractivity contribution in [3.63, 3.8) is 0 Å². The molecule has 5 nitrogen and oxygen atoms in total. The van der Waals surface area contributed by atoms with Crippen LogP contribution in [0.25, 0.3) is 139 Å². The Labute approximate surface area is 403 Å². The summed E-state index contributed by atoms with van der Waals surface area (Å²) in [4.78, 5) is 16.1.